The van der Waals surface area contributed by atoms with Gasteiger partial charge in [0.2, 0.25) is 0 Å². The molecule has 2 aromatic rings. The van der Waals surface area contributed by atoms with E-state index in [1.807, 2.05) is 6.92 Å². The van der Waals surface area contributed by atoms with Gasteiger partial charge in [-0.1, -0.05) is 13.3 Å². The number of likely N-dealkylation sites (tertiary alicyclic amines) is 1. The first-order valence-corrected chi connectivity index (χ1v) is 8.68. The summed E-state index contributed by atoms with van der Waals surface area (Å²) in [7, 11) is 0. The summed E-state index contributed by atoms with van der Waals surface area (Å²) in [6.07, 6.45) is 3.59. The van der Waals surface area contributed by atoms with Crippen LogP contribution in [0.2, 0.25) is 0 Å². The lowest BCUT2D eigenvalue weighted by Crippen LogP contribution is -2.46. The molecule has 0 amide bonds. The Balaban J connectivity index is 2.00. The molecule has 0 spiro atoms. The number of nitrogens with zero attached hydrogens (tertiary/aromatic N) is 1. The first-order valence-electron chi connectivity index (χ1n) is 8.68. The third kappa shape index (κ3) is 3.19. The zero-order chi connectivity index (χ0) is 17.3. The number of fused-ring (bicyclic) bond motifs is 1. The summed E-state index contributed by atoms with van der Waals surface area (Å²) in [5, 5.41) is 21.0. The summed E-state index contributed by atoms with van der Waals surface area (Å²) in [6, 6.07) is 5.09. The van der Waals surface area contributed by atoms with Gasteiger partial charge in [-0.2, -0.15) is 0 Å². The van der Waals surface area contributed by atoms with Crippen LogP contribution in [0.3, 0.4) is 0 Å². The standard InChI is InChI=1S/C19H25NO4/c1-3-16(21)15-6-4-5-9-20(15)11-13-10-18(23)24-19-12(2)17(22)8-7-14(13)19/h7-8,10,15-16,21-22H,3-6,9,11H2,1-2H3. The number of benzene rings is 1. The van der Waals surface area contributed by atoms with Crippen molar-refractivity contribution in [3.8, 4) is 5.75 Å². The molecule has 3 rings (SSSR count). The van der Waals surface area contributed by atoms with E-state index in [-0.39, 0.29) is 17.9 Å². The minimum Gasteiger partial charge on any atom is -0.508 e. The molecule has 1 aliphatic heterocycles. The quantitative estimate of drug-likeness (QED) is 0.843. The smallest absolute Gasteiger partial charge is 0.336 e. The van der Waals surface area contributed by atoms with Crippen molar-refractivity contribution < 1.29 is 14.6 Å². The highest BCUT2D eigenvalue weighted by atomic mass is 16.4. The number of aromatic hydroxyl groups is 1. The van der Waals surface area contributed by atoms with Crippen molar-refractivity contribution >= 4 is 11.0 Å². The van der Waals surface area contributed by atoms with E-state index in [4.69, 9.17) is 4.42 Å². The SMILES string of the molecule is CCC(O)C1CCCCN1Cc1cc(=O)oc2c(C)c(O)ccc12. The normalized spacial score (nSPS) is 20.4. The van der Waals surface area contributed by atoms with Gasteiger partial charge in [-0.05, 0) is 50.4 Å². The van der Waals surface area contributed by atoms with Gasteiger partial charge in [0.15, 0.2) is 0 Å². The van der Waals surface area contributed by atoms with Crippen molar-refractivity contribution in [2.45, 2.75) is 58.2 Å². The zero-order valence-electron chi connectivity index (χ0n) is 14.3. The number of piperidine rings is 1. The van der Waals surface area contributed by atoms with Gasteiger partial charge < -0.3 is 14.6 Å². The van der Waals surface area contributed by atoms with Gasteiger partial charge in [0.25, 0.3) is 0 Å². The molecule has 1 aromatic carbocycles. The topological polar surface area (TPSA) is 73.9 Å². The van der Waals surface area contributed by atoms with Gasteiger partial charge in [0.05, 0.1) is 6.10 Å². The molecule has 5 nitrogen and oxygen atoms in total. The van der Waals surface area contributed by atoms with E-state index in [0.29, 0.717) is 17.7 Å². The predicted octanol–water partition coefficient (Wildman–Crippen LogP) is 2.93. The number of phenolic OH excluding ortho intramolecular Hbond substituents is 1. The zero-order valence-corrected chi connectivity index (χ0v) is 14.3. The molecule has 1 aliphatic rings. The van der Waals surface area contributed by atoms with Crippen LogP contribution < -0.4 is 5.63 Å². The molecule has 0 aliphatic carbocycles. The molecule has 0 bridgehead atoms. The minimum absolute atomic E-state index is 0.125. The summed E-state index contributed by atoms with van der Waals surface area (Å²) < 4.78 is 5.32. The number of aryl methyl sites for hydroxylation is 1. The lowest BCUT2D eigenvalue weighted by Gasteiger charge is -2.38. The fraction of sp³-hybridized carbons (Fsp3) is 0.526. The highest BCUT2D eigenvalue weighted by molar-refractivity contribution is 5.84. The lowest BCUT2D eigenvalue weighted by atomic mass is 9.95. The van der Waals surface area contributed by atoms with Gasteiger partial charge in [-0.3, -0.25) is 4.90 Å². The van der Waals surface area contributed by atoms with E-state index < -0.39 is 5.63 Å². The Morgan fingerprint density at radius 3 is 2.92 bits per heavy atom. The van der Waals surface area contributed by atoms with E-state index in [9.17, 15) is 15.0 Å². The molecular formula is C19H25NO4. The van der Waals surface area contributed by atoms with Gasteiger partial charge in [0, 0.05) is 29.6 Å². The molecule has 2 heterocycles. The highest BCUT2D eigenvalue weighted by Crippen LogP contribution is 2.30. The molecule has 1 aromatic heterocycles. The molecule has 0 saturated carbocycles. The summed E-state index contributed by atoms with van der Waals surface area (Å²) in [4.78, 5) is 14.2. The van der Waals surface area contributed by atoms with E-state index in [1.165, 1.54) is 6.07 Å². The Labute approximate surface area is 141 Å². The minimum atomic E-state index is -0.407. The Morgan fingerprint density at radius 2 is 2.17 bits per heavy atom. The third-order valence-corrected chi connectivity index (χ3v) is 5.12. The van der Waals surface area contributed by atoms with Crippen LogP contribution in [0.25, 0.3) is 11.0 Å². The van der Waals surface area contributed by atoms with E-state index >= 15 is 0 Å². The van der Waals surface area contributed by atoms with Crippen molar-refractivity contribution in [2.24, 2.45) is 0 Å². The molecule has 2 N–H and O–H groups in total. The maximum Gasteiger partial charge on any atom is 0.336 e. The van der Waals surface area contributed by atoms with Crippen molar-refractivity contribution in [3.05, 3.63) is 39.7 Å². The van der Waals surface area contributed by atoms with Crippen molar-refractivity contribution in [2.75, 3.05) is 6.54 Å². The highest BCUT2D eigenvalue weighted by Gasteiger charge is 2.28. The van der Waals surface area contributed by atoms with Crippen LogP contribution in [-0.4, -0.2) is 33.8 Å². The molecular weight excluding hydrogens is 306 g/mol. The largest absolute Gasteiger partial charge is 0.508 e. The average Bonchev–Trinajstić information content (AvgIpc) is 2.58. The fourth-order valence-electron chi connectivity index (χ4n) is 3.69. The summed E-state index contributed by atoms with van der Waals surface area (Å²) in [5.74, 6) is 0.125. The van der Waals surface area contributed by atoms with Crippen LogP contribution >= 0.6 is 0 Å². The number of hydrogen-bond donors (Lipinski definition) is 2. The Bertz CT molecular complexity index is 783. The number of rotatable bonds is 4. The van der Waals surface area contributed by atoms with Crippen molar-refractivity contribution in [3.63, 3.8) is 0 Å². The molecule has 0 radical (unpaired) electrons. The number of aliphatic hydroxyl groups is 1. The second-order valence-corrected chi connectivity index (χ2v) is 6.69. The predicted molar refractivity (Wildman–Crippen MR) is 93.2 cm³/mol. The van der Waals surface area contributed by atoms with Crippen LogP contribution in [0.1, 0.15) is 43.7 Å². The lowest BCUT2D eigenvalue weighted by molar-refractivity contribution is 0.0197. The summed E-state index contributed by atoms with van der Waals surface area (Å²) >= 11 is 0. The monoisotopic (exact) mass is 331 g/mol. The Morgan fingerprint density at radius 1 is 1.38 bits per heavy atom. The number of hydrogen-bond acceptors (Lipinski definition) is 5. The van der Waals surface area contributed by atoms with E-state index in [1.54, 1.807) is 19.1 Å². The second kappa shape index (κ2) is 6.95. The van der Waals surface area contributed by atoms with Gasteiger partial charge >= 0.3 is 5.63 Å². The molecule has 1 saturated heterocycles. The third-order valence-electron chi connectivity index (χ3n) is 5.12. The van der Waals surface area contributed by atoms with Gasteiger partial charge in [-0.25, -0.2) is 4.79 Å². The Kier molecular flexibility index (Phi) is 4.92. The van der Waals surface area contributed by atoms with Crippen molar-refractivity contribution in [1.29, 1.82) is 0 Å². The van der Waals surface area contributed by atoms with Crippen molar-refractivity contribution in [1.82, 2.24) is 4.90 Å². The van der Waals surface area contributed by atoms with E-state index in [0.717, 1.165) is 43.2 Å². The summed E-state index contributed by atoms with van der Waals surface area (Å²) in [6.45, 7) is 5.26. The first-order chi connectivity index (χ1) is 11.5. The summed E-state index contributed by atoms with van der Waals surface area (Å²) in [5.41, 5.74) is 1.51. The van der Waals surface area contributed by atoms with Gasteiger partial charge in [0.1, 0.15) is 11.3 Å². The molecule has 130 valence electrons. The first kappa shape index (κ1) is 17.0. The molecule has 2 unspecified atom stereocenters. The van der Waals surface area contributed by atoms with Crippen LogP contribution in [0, 0.1) is 6.92 Å². The number of phenols is 1. The maximum absolute atomic E-state index is 12.0. The average molecular weight is 331 g/mol. The molecule has 5 heteroatoms. The van der Waals surface area contributed by atoms with Crippen LogP contribution in [0.4, 0.5) is 0 Å². The van der Waals surface area contributed by atoms with Crippen LogP contribution in [0.15, 0.2) is 27.4 Å². The number of aliphatic hydroxyl groups excluding tert-OH is 1. The second-order valence-electron chi connectivity index (χ2n) is 6.69. The fourth-order valence-corrected chi connectivity index (χ4v) is 3.69. The Hall–Kier alpha value is -1.85. The van der Waals surface area contributed by atoms with Crippen LogP contribution in [0.5, 0.6) is 5.75 Å². The van der Waals surface area contributed by atoms with Crippen LogP contribution in [-0.2, 0) is 6.54 Å². The molecule has 2 atom stereocenters. The van der Waals surface area contributed by atoms with E-state index in [2.05, 4.69) is 4.90 Å². The maximum atomic E-state index is 12.0. The van der Waals surface area contributed by atoms with Gasteiger partial charge in [-0.15, -0.1) is 0 Å². The molecule has 24 heavy (non-hydrogen) atoms. The molecule has 1 fully saturated rings.